The first-order valence-corrected chi connectivity index (χ1v) is 18.4. The van der Waals surface area contributed by atoms with Gasteiger partial charge in [-0.25, -0.2) is 28.7 Å². The number of aromatic nitrogens is 8. The van der Waals surface area contributed by atoms with Gasteiger partial charge in [-0.3, -0.25) is 19.0 Å². The molecule has 14 heteroatoms. The van der Waals surface area contributed by atoms with Crippen molar-refractivity contribution in [2.45, 2.75) is 77.8 Å². The number of nitrogens with zero attached hydrogens (tertiary/aromatic N) is 8. The second kappa shape index (κ2) is 17.4. The second-order valence-corrected chi connectivity index (χ2v) is 13.8. The molecule has 5 atom stereocenters. The summed E-state index contributed by atoms with van der Waals surface area (Å²) in [7, 11) is 0. The minimum atomic E-state index is -0.416. The Kier molecular flexibility index (Phi) is 12.4. The molecule has 5 unspecified atom stereocenters. The molecule has 0 bridgehead atoms. The number of ketones is 2. The molecule has 0 aromatic carbocycles. The van der Waals surface area contributed by atoms with E-state index in [0.29, 0.717) is 41.4 Å². The van der Waals surface area contributed by atoms with Crippen LogP contribution in [0.2, 0.25) is 5.15 Å². The molecule has 4 aromatic heterocycles. The number of ether oxygens (including phenoxy) is 1. The lowest BCUT2D eigenvalue weighted by atomic mass is 9.83. The van der Waals surface area contributed by atoms with Gasteiger partial charge in [-0.1, -0.05) is 37.6 Å². The van der Waals surface area contributed by atoms with Crippen molar-refractivity contribution < 1.29 is 23.1 Å². The van der Waals surface area contributed by atoms with E-state index < -0.39 is 5.92 Å². The first-order valence-electron chi connectivity index (χ1n) is 18.0. The van der Waals surface area contributed by atoms with E-state index in [1.54, 1.807) is 18.2 Å². The molecule has 4 aromatic rings. The number of halogens is 3. The van der Waals surface area contributed by atoms with Crippen LogP contribution in [0, 0.1) is 23.7 Å². The van der Waals surface area contributed by atoms with Crippen LogP contribution in [-0.2, 0) is 27.4 Å². The molecule has 2 saturated carbocycles. The number of fused-ring (bicyclic) bond motifs is 4. The molecule has 9 rings (SSSR count). The van der Waals surface area contributed by atoms with Crippen LogP contribution >= 0.6 is 11.6 Å². The Balaban J connectivity index is 0.000000135. The van der Waals surface area contributed by atoms with Gasteiger partial charge in [-0.15, -0.1) is 0 Å². The van der Waals surface area contributed by atoms with Gasteiger partial charge in [-0.05, 0) is 67.7 Å². The first-order chi connectivity index (χ1) is 25.2. The van der Waals surface area contributed by atoms with Gasteiger partial charge >= 0.3 is 0 Å². The fourth-order valence-corrected chi connectivity index (χ4v) is 7.32. The van der Waals surface area contributed by atoms with E-state index in [9.17, 15) is 18.4 Å². The van der Waals surface area contributed by atoms with E-state index in [1.165, 1.54) is 37.6 Å². The summed E-state index contributed by atoms with van der Waals surface area (Å²) in [6.07, 6.45) is 22.4. The highest BCUT2D eigenvalue weighted by molar-refractivity contribution is 6.33. The van der Waals surface area contributed by atoms with Gasteiger partial charge in [0, 0.05) is 63.9 Å². The van der Waals surface area contributed by atoms with E-state index in [0.717, 1.165) is 49.9 Å². The van der Waals surface area contributed by atoms with Crippen LogP contribution in [-0.4, -0.2) is 64.3 Å². The van der Waals surface area contributed by atoms with Crippen molar-refractivity contribution in [2.75, 3.05) is 13.2 Å². The molecule has 274 valence electrons. The molecule has 52 heavy (non-hydrogen) atoms. The summed E-state index contributed by atoms with van der Waals surface area (Å²) >= 11 is 5.87. The number of carbonyl (C=O) groups excluding carboxylic acids is 2. The second-order valence-electron chi connectivity index (χ2n) is 13.5. The largest absolute Gasteiger partial charge is 0.381 e. The van der Waals surface area contributed by atoms with Gasteiger partial charge in [0.25, 0.3) is 0 Å². The SMILES string of the molecule is C1CCOC1.CCCn1cc2c(C3C(=O)CC4C=CC(F)=CC43)ncnc2n1.CCCn1cc2c(Cl)ncnc2n1.O=C1CC2C=CC(F)=CC2C1. The average molecular weight is 733 g/mol. The number of hydrogen-bond acceptors (Lipinski definition) is 9. The molecule has 0 spiro atoms. The van der Waals surface area contributed by atoms with Gasteiger partial charge in [0.05, 0.1) is 22.4 Å². The highest BCUT2D eigenvalue weighted by Crippen LogP contribution is 2.46. The summed E-state index contributed by atoms with van der Waals surface area (Å²) < 4.78 is 34.9. The number of hydrogen-bond donors (Lipinski definition) is 0. The molecule has 0 N–H and O–H groups in total. The minimum Gasteiger partial charge on any atom is -0.381 e. The summed E-state index contributed by atoms with van der Waals surface area (Å²) in [6, 6.07) is 0. The molecule has 1 saturated heterocycles. The van der Waals surface area contributed by atoms with Gasteiger partial charge in [0.1, 0.15) is 41.0 Å². The Morgan fingerprint density at radius 1 is 0.769 bits per heavy atom. The number of Topliss-reactive ketones (excluding diaryl/α,β-unsaturated/α-hetero) is 2. The summed E-state index contributed by atoms with van der Waals surface area (Å²) in [6.45, 7) is 7.84. The van der Waals surface area contributed by atoms with Gasteiger partial charge in [0.15, 0.2) is 11.3 Å². The number of aryl methyl sites for hydroxylation is 2. The predicted octanol–water partition coefficient (Wildman–Crippen LogP) is 7.64. The summed E-state index contributed by atoms with van der Waals surface area (Å²) in [5, 5.41) is 10.8. The van der Waals surface area contributed by atoms with Crippen molar-refractivity contribution in [3.8, 4) is 0 Å². The molecular formula is C38H43ClF2N8O3. The topological polar surface area (TPSA) is 131 Å². The average Bonchev–Trinajstić information content (AvgIpc) is 3.96. The zero-order chi connectivity index (χ0) is 36.6. The number of rotatable bonds is 5. The predicted molar refractivity (Wildman–Crippen MR) is 194 cm³/mol. The van der Waals surface area contributed by atoms with E-state index in [4.69, 9.17) is 16.3 Å². The molecule has 5 aliphatic rings. The smallest absolute Gasteiger partial charge is 0.185 e. The lowest BCUT2D eigenvalue weighted by Crippen LogP contribution is -2.16. The Morgan fingerprint density at radius 2 is 1.37 bits per heavy atom. The molecule has 4 aliphatic carbocycles. The van der Waals surface area contributed by atoms with Crippen molar-refractivity contribution in [2.24, 2.45) is 23.7 Å². The third kappa shape index (κ3) is 8.92. The number of allylic oxidation sites excluding steroid dienone is 8. The molecule has 0 amide bonds. The molecule has 3 fully saturated rings. The fourth-order valence-electron chi connectivity index (χ4n) is 7.15. The Labute approximate surface area is 305 Å². The van der Waals surface area contributed by atoms with Crippen LogP contribution < -0.4 is 0 Å². The number of carbonyl (C=O) groups is 2. The van der Waals surface area contributed by atoms with Crippen molar-refractivity contribution in [3.05, 3.63) is 84.0 Å². The van der Waals surface area contributed by atoms with Crippen LogP contribution in [0.5, 0.6) is 0 Å². The lowest BCUT2D eigenvalue weighted by Gasteiger charge is -2.20. The maximum absolute atomic E-state index is 13.7. The maximum atomic E-state index is 13.7. The molecule has 1 aliphatic heterocycles. The normalized spacial score (nSPS) is 24.3. The molecule has 0 radical (unpaired) electrons. The van der Waals surface area contributed by atoms with Crippen LogP contribution in [0.4, 0.5) is 8.78 Å². The van der Waals surface area contributed by atoms with Crippen LogP contribution in [0.25, 0.3) is 22.1 Å². The Hall–Kier alpha value is -4.49. The summed E-state index contributed by atoms with van der Waals surface area (Å²) in [4.78, 5) is 40.0. The van der Waals surface area contributed by atoms with E-state index in [-0.39, 0.29) is 46.9 Å². The van der Waals surface area contributed by atoms with Crippen LogP contribution in [0.3, 0.4) is 0 Å². The van der Waals surface area contributed by atoms with Gasteiger partial charge < -0.3 is 4.74 Å². The maximum Gasteiger partial charge on any atom is 0.185 e. The van der Waals surface area contributed by atoms with E-state index in [2.05, 4.69) is 44.0 Å². The zero-order valence-corrected chi connectivity index (χ0v) is 30.1. The van der Waals surface area contributed by atoms with E-state index in [1.807, 2.05) is 27.8 Å². The van der Waals surface area contributed by atoms with Crippen molar-refractivity contribution in [1.82, 2.24) is 39.5 Å². The van der Waals surface area contributed by atoms with Crippen molar-refractivity contribution in [3.63, 3.8) is 0 Å². The van der Waals surface area contributed by atoms with E-state index >= 15 is 0 Å². The Bertz CT molecular complexity index is 2010. The highest BCUT2D eigenvalue weighted by Gasteiger charge is 2.44. The van der Waals surface area contributed by atoms with Crippen molar-refractivity contribution >= 4 is 45.2 Å². The third-order valence-corrected chi connectivity index (χ3v) is 9.91. The summed E-state index contributed by atoms with van der Waals surface area (Å²) in [5.74, 6) is -0.203. The quantitative estimate of drug-likeness (QED) is 0.190. The third-order valence-electron chi connectivity index (χ3n) is 9.61. The lowest BCUT2D eigenvalue weighted by molar-refractivity contribution is -0.119. The fraction of sp³-hybridized carbons (Fsp3) is 0.474. The van der Waals surface area contributed by atoms with Gasteiger partial charge in [-0.2, -0.15) is 10.2 Å². The standard InChI is InChI=1S/C17H17FN4O.C9H9FO.C8H9ClN4.C4H8O/c1-2-5-22-8-13-16(19-9-20-17(13)21-22)15-12-7-11(18)4-3-10(12)6-14(15)23;10-8-2-1-6-4-9(11)5-7(6)3-8;1-2-3-13-4-6-7(9)10-5-11-8(6)12-13;1-2-4-5-3-1/h3-4,7-10,12,15H,2,5-6H2,1H3;1-3,6-7H,4-5H2;4-5H,2-3H2,1H3;1-4H2. The van der Waals surface area contributed by atoms with Crippen molar-refractivity contribution in [1.29, 1.82) is 0 Å². The zero-order valence-electron chi connectivity index (χ0n) is 29.4. The van der Waals surface area contributed by atoms with Crippen LogP contribution in [0.15, 0.2) is 73.2 Å². The Morgan fingerprint density at radius 3 is 2.00 bits per heavy atom. The molecular weight excluding hydrogens is 690 g/mol. The first kappa shape index (κ1) is 37.3. The molecule has 11 nitrogen and oxygen atoms in total. The summed E-state index contributed by atoms with van der Waals surface area (Å²) in [5.41, 5.74) is 1.93. The molecule has 5 heterocycles. The monoisotopic (exact) mass is 732 g/mol. The minimum absolute atomic E-state index is 0.0581. The van der Waals surface area contributed by atoms with Crippen LogP contribution in [0.1, 0.15) is 70.4 Å². The van der Waals surface area contributed by atoms with Gasteiger partial charge in [0.2, 0.25) is 0 Å². The highest BCUT2D eigenvalue weighted by atomic mass is 35.5.